The summed E-state index contributed by atoms with van der Waals surface area (Å²) in [5, 5.41) is 2.56. The van der Waals surface area contributed by atoms with Crippen molar-refractivity contribution in [3.8, 4) is 0 Å². The zero-order valence-corrected chi connectivity index (χ0v) is 8.67. The van der Waals surface area contributed by atoms with Crippen LogP contribution in [0.1, 0.15) is 20.3 Å². The van der Waals surface area contributed by atoms with Crippen molar-refractivity contribution in [3.63, 3.8) is 0 Å². The molecule has 14 heavy (non-hydrogen) atoms. The first kappa shape index (κ1) is 10.8. The van der Waals surface area contributed by atoms with Crippen LogP contribution in [-0.2, 0) is 9.59 Å². The number of rotatable bonds is 2. The monoisotopic (exact) mass is 196 g/mol. The first-order chi connectivity index (χ1) is 6.59. The fourth-order valence-electron chi connectivity index (χ4n) is 1.22. The summed E-state index contributed by atoms with van der Waals surface area (Å²) < 4.78 is 0. The van der Waals surface area contributed by atoms with Crippen molar-refractivity contribution in [2.45, 2.75) is 20.3 Å². The lowest BCUT2D eigenvalue weighted by Gasteiger charge is -2.17. The van der Waals surface area contributed by atoms with Gasteiger partial charge in [-0.15, -0.1) is 0 Å². The Labute approximate surface area is 84.0 Å². The fraction of sp³-hybridized carbons (Fsp3) is 0.600. The standard InChI is InChI=1S/C10H16N2O2/c1-8(2)3-5-12-6-4-9(13)11-7-10(12)14/h3H,4-7H2,1-2H3,(H,11,13). The molecule has 0 aromatic rings. The maximum absolute atomic E-state index is 11.5. The Kier molecular flexibility index (Phi) is 3.68. The van der Waals surface area contributed by atoms with E-state index in [0.29, 0.717) is 19.5 Å². The molecule has 0 aromatic heterocycles. The lowest BCUT2D eigenvalue weighted by molar-refractivity contribution is -0.129. The van der Waals surface area contributed by atoms with Gasteiger partial charge in [-0.25, -0.2) is 0 Å². The molecule has 1 heterocycles. The summed E-state index contributed by atoms with van der Waals surface area (Å²) in [6, 6.07) is 0. The first-order valence-corrected chi connectivity index (χ1v) is 4.77. The minimum absolute atomic E-state index is 0.00616. The number of allylic oxidation sites excluding steroid dienone is 1. The van der Waals surface area contributed by atoms with Crippen molar-refractivity contribution in [2.75, 3.05) is 19.6 Å². The highest BCUT2D eigenvalue weighted by Gasteiger charge is 2.18. The summed E-state index contributed by atoms with van der Waals surface area (Å²) in [5.74, 6) is -0.0496. The smallest absolute Gasteiger partial charge is 0.242 e. The van der Waals surface area contributed by atoms with Gasteiger partial charge in [0.05, 0.1) is 6.54 Å². The highest BCUT2D eigenvalue weighted by atomic mass is 16.2. The van der Waals surface area contributed by atoms with E-state index in [-0.39, 0.29) is 18.4 Å². The van der Waals surface area contributed by atoms with Crippen molar-refractivity contribution in [1.29, 1.82) is 0 Å². The van der Waals surface area contributed by atoms with Gasteiger partial charge in [0, 0.05) is 19.5 Å². The third-order valence-corrected chi connectivity index (χ3v) is 2.12. The molecular formula is C10H16N2O2. The molecule has 0 saturated carbocycles. The quantitative estimate of drug-likeness (QED) is 0.646. The molecule has 0 aliphatic carbocycles. The number of amides is 2. The SMILES string of the molecule is CC(C)=CCN1CCC(=O)NCC1=O. The zero-order chi connectivity index (χ0) is 10.6. The van der Waals surface area contributed by atoms with E-state index in [1.807, 2.05) is 19.9 Å². The summed E-state index contributed by atoms with van der Waals surface area (Å²) in [6.45, 7) is 5.25. The van der Waals surface area contributed by atoms with Crippen LogP contribution in [0.3, 0.4) is 0 Å². The molecule has 4 nitrogen and oxygen atoms in total. The summed E-state index contributed by atoms with van der Waals surface area (Å²) >= 11 is 0. The van der Waals surface area contributed by atoms with Crippen LogP contribution in [-0.4, -0.2) is 36.3 Å². The molecule has 1 N–H and O–H groups in total. The molecule has 0 spiro atoms. The maximum atomic E-state index is 11.5. The van der Waals surface area contributed by atoms with E-state index in [2.05, 4.69) is 5.32 Å². The molecular weight excluding hydrogens is 180 g/mol. The van der Waals surface area contributed by atoms with Gasteiger partial charge >= 0.3 is 0 Å². The molecule has 1 saturated heterocycles. The summed E-state index contributed by atoms with van der Waals surface area (Å²) in [5.41, 5.74) is 1.18. The molecule has 0 bridgehead atoms. The van der Waals surface area contributed by atoms with Gasteiger partial charge in [0.2, 0.25) is 11.8 Å². The second-order valence-electron chi connectivity index (χ2n) is 3.65. The van der Waals surface area contributed by atoms with E-state index in [0.717, 1.165) is 0 Å². The fourth-order valence-corrected chi connectivity index (χ4v) is 1.22. The van der Waals surface area contributed by atoms with Crippen LogP contribution in [0.2, 0.25) is 0 Å². The third kappa shape index (κ3) is 3.20. The molecule has 0 atom stereocenters. The van der Waals surface area contributed by atoms with E-state index >= 15 is 0 Å². The highest BCUT2D eigenvalue weighted by molar-refractivity contribution is 5.87. The first-order valence-electron chi connectivity index (χ1n) is 4.77. The van der Waals surface area contributed by atoms with Crippen LogP contribution >= 0.6 is 0 Å². The Morgan fingerprint density at radius 3 is 2.86 bits per heavy atom. The summed E-state index contributed by atoms with van der Waals surface area (Å²) in [4.78, 5) is 24.2. The number of carbonyl (C=O) groups excluding carboxylic acids is 2. The molecule has 0 radical (unpaired) electrons. The van der Waals surface area contributed by atoms with Crippen LogP contribution in [0.4, 0.5) is 0 Å². The molecule has 78 valence electrons. The topological polar surface area (TPSA) is 49.4 Å². The minimum Gasteiger partial charge on any atom is -0.347 e. The van der Waals surface area contributed by atoms with Crippen LogP contribution in [0.25, 0.3) is 0 Å². The molecule has 1 rings (SSSR count). The molecule has 0 aromatic carbocycles. The van der Waals surface area contributed by atoms with Crippen LogP contribution in [0.5, 0.6) is 0 Å². The van der Waals surface area contributed by atoms with Gasteiger partial charge in [-0.2, -0.15) is 0 Å². The van der Waals surface area contributed by atoms with Gasteiger partial charge in [0.25, 0.3) is 0 Å². The van der Waals surface area contributed by atoms with E-state index < -0.39 is 0 Å². The largest absolute Gasteiger partial charge is 0.347 e. The zero-order valence-electron chi connectivity index (χ0n) is 8.67. The Bertz CT molecular complexity index is 267. The summed E-state index contributed by atoms with van der Waals surface area (Å²) in [7, 11) is 0. The van der Waals surface area contributed by atoms with Gasteiger partial charge in [-0.05, 0) is 13.8 Å². The average molecular weight is 196 g/mol. The number of hydrogen-bond donors (Lipinski definition) is 1. The van der Waals surface area contributed by atoms with Gasteiger partial charge in [0.1, 0.15) is 0 Å². The van der Waals surface area contributed by atoms with Crippen LogP contribution < -0.4 is 5.32 Å². The number of nitrogens with one attached hydrogen (secondary N) is 1. The van der Waals surface area contributed by atoms with Gasteiger partial charge < -0.3 is 10.2 Å². The Hall–Kier alpha value is -1.32. The Morgan fingerprint density at radius 1 is 1.50 bits per heavy atom. The second kappa shape index (κ2) is 4.79. The molecule has 0 unspecified atom stereocenters. The second-order valence-corrected chi connectivity index (χ2v) is 3.65. The van der Waals surface area contributed by atoms with Crippen molar-refractivity contribution >= 4 is 11.8 Å². The van der Waals surface area contributed by atoms with Crippen molar-refractivity contribution in [2.24, 2.45) is 0 Å². The number of carbonyl (C=O) groups is 2. The van der Waals surface area contributed by atoms with Gasteiger partial charge in [-0.3, -0.25) is 9.59 Å². The molecule has 2 amide bonds. The molecule has 1 fully saturated rings. The lowest BCUT2D eigenvalue weighted by atomic mass is 10.3. The Balaban J connectivity index is 2.54. The van der Waals surface area contributed by atoms with Crippen molar-refractivity contribution < 1.29 is 9.59 Å². The molecule has 4 heteroatoms. The van der Waals surface area contributed by atoms with Crippen molar-refractivity contribution in [1.82, 2.24) is 10.2 Å². The normalized spacial score (nSPS) is 17.4. The van der Waals surface area contributed by atoms with E-state index in [4.69, 9.17) is 0 Å². The van der Waals surface area contributed by atoms with Gasteiger partial charge in [-0.1, -0.05) is 11.6 Å². The summed E-state index contributed by atoms with van der Waals surface area (Å²) in [6.07, 6.45) is 2.40. The number of hydrogen-bond acceptors (Lipinski definition) is 2. The third-order valence-electron chi connectivity index (χ3n) is 2.12. The van der Waals surface area contributed by atoms with Crippen molar-refractivity contribution in [3.05, 3.63) is 11.6 Å². The van der Waals surface area contributed by atoms with Gasteiger partial charge in [0.15, 0.2) is 0 Å². The number of nitrogens with zero attached hydrogens (tertiary/aromatic N) is 1. The predicted octanol–water partition coefficient (Wildman–Crippen LogP) is 0.301. The van der Waals surface area contributed by atoms with E-state index in [9.17, 15) is 9.59 Å². The predicted molar refractivity (Wildman–Crippen MR) is 53.6 cm³/mol. The van der Waals surface area contributed by atoms with Crippen LogP contribution in [0, 0.1) is 0 Å². The van der Waals surface area contributed by atoms with E-state index in [1.54, 1.807) is 4.90 Å². The highest BCUT2D eigenvalue weighted by Crippen LogP contribution is 1.99. The average Bonchev–Trinajstić information content (AvgIpc) is 2.27. The molecule has 1 aliphatic heterocycles. The minimum atomic E-state index is -0.0435. The maximum Gasteiger partial charge on any atom is 0.242 e. The van der Waals surface area contributed by atoms with E-state index in [1.165, 1.54) is 5.57 Å². The van der Waals surface area contributed by atoms with Crippen LogP contribution in [0.15, 0.2) is 11.6 Å². The Morgan fingerprint density at radius 2 is 2.21 bits per heavy atom. The lowest BCUT2D eigenvalue weighted by Crippen LogP contribution is -2.35. The molecule has 1 aliphatic rings.